The van der Waals surface area contributed by atoms with Crippen LogP contribution in [0.5, 0.6) is 17.2 Å². The first kappa shape index (κ1) is 29.5. The molecule has 6 rings (SSSR count). The second kappa shape index (κ2) is 13.8. The first-order valence-corrected chi connectivity index (χ1v) is 15.1. The number of methoxy groups -OCH3 is 1. The number of hydrogen-bond donors (Lipinski definition) is 2. The van der Waals surface area contributed by atoms with E-state index in [0.717, 1.165) is 43.2 Å². The summed E-state index contributed by atoms with van der Waals surface area (Å²) in [6.45, 7) is 0.728. The zero-order valence-corrected chi connectivity index (χ0v) is 25.3. The zero-order valence-electron chi connectivity index (χ0n) is 24.5. The Bertz CT molecular complexity index is 1920. The van der Waals surface area contributed by atoms with E-state index >= 15 is 0 Å². The van der Waals surface area contributed by atoms with Gasteiger partial charge in [-0.3, -0.25) is 4.98 Å². The highest BCUT2D eigenvalue weighted by atomic mass is 32.1. The van der Waals surface area contributed by atoms with E-state index in [9.17, 15) is 9.90 Å². The summed E-state index contributed by atoms with van der Waals surface area (Å²) in [5, 5.41) is 14.6. The number of ether oxygens (including phenoxy) is 3. The third kappa shape index (κ3) is 7.14. The lowest BCUT2D eigenvalue weighted by Gasteiger charge is -2.14. The molecule has 0 aliphatic carbocycles. The Balaban J connectivity index is 1.47. The van der Waals surface area contributed by atoms with Gasteiger partial charge in [0.1, 0.15) is 19.0 Å². The Hall–Kier alpha value is -5.60. The molecule has 0 amide bonds. The number of thiophene rings is 1. The van der Waals surface area contributed by atoms with Crippen LogP contribution in [0.4, 0.5) is 11.4 Å². The van der Waals surface area contributed by atoms with Gasteiger partial charge in [0.25, 0.3) is 0 Å². The second-order valence-corrected chi connectivity index (χ2v) is 11.2. The molecule has 0 radical (unpaired) electrons. The van der Waals surface area contributed by atoms with Gasteiger partial charge < -0.3 is 24.6 Å². The highest BCUT2D eigenvalue weighted by Crippen LogP contribution is 2.45. The number of fused-ring (bicyclic) bond motifs is 1. The topological polar surface area (TPSA) is 89.9 Å². The Morgan fingerprint density at radius 3 is 2.00 bits per heavy atom. The molecule has 2 N–H and O–H groups in total. The van der Waals surface area contributed by atoms with Crippen molar-refractivity contribution < 1.29 is 24.1 Å². The van der Waals surface area contributed by atoms with Gasteiger partial charge in [-0.05, 0) is 65.2 Å². The van der Waals surface area contributed by atoms with Crippen LogP contribution in [0.25, 0.3) is 21.7 Å². The summed E-state index contributed by atoms with van der Waals surface area (Å²) in [5.74, 6) is 0.884. The van der Waals surface area contributed by atoms with Crippen molar-refractivity contribution in [3.63, 3.8) is 0 Å². The summed E-state index contributed by atoms with van der Waals surface area (Å²) in [6, 6.07) is 34.8. The van der Waals surface area contributed by atoms with Gasteiger partial charge in [0.2, 0.25) is 0 Å². The quantitative estimate of drug-likeness (QED) is 0.133. The number of rotatable bonds is 12. The number of aliphatic carboxylic acids is 1. The maximum absolute atomic E-state index is 12.4. The fourth-order valence-corrected chi connectivity index (χ4v) is 5.91. The number of hydrogen-bond acceptors (Lipinski definition) is 7. The summed E-state index contributed by atoms with van der Waals surface area (Å²) < 4.78 is 19.0. The fraction of sp³-hybridized carbons (Fsp3) is 0.0811. The lowest BCUT2D eigenvalue weighted by atomic mass is 10.1. The molecule has 224 valence electrons. The lowest BCUT2D eigenvalue weighted by molar-refractivity contribution is -0.130. The molecular weight excluding hydrogens is 584 g/mol. The molecule has 0 bridgehead atoms. The van der Waals surface area contributed by atoms with Crippen LogP contribution in [0.1, 0.15) is 21.6 Å². The second-order valence-electron chi connectivity index (χ2n) is 10.1. The van der Waals surface area contributed by atoms with Gasteiger partial charge in [0.05, 0.1) is 23.2 Å². The van der Waals surface area contributed by atoms with Gasteiger partial charge in [0.15, 0.2) is 11.5 Å². The van der Waals surface area contributed by atoms with Gasteiger partial charge in [-0.2, -0.15) is 0 Å². The average molecular weight is 615 g/mol. The van der Waals surface area contributed by atoms with Crippen LogP contribution in [0.3, 0.4) is 0 Å². The number of nitrogens with one attached hydrogen (secondary N) is 1. The molecular formula is C37H30N2O5S. The molecule has 7 nitrogen and oxygen atoms in total. The van der Waals surface area contributed by atoms with Crippen molar-refractivity contribution in [1.29, 1.82) is 0 Å². The van der Waals surface area contributed by atoms with Crippen LogP contribution in [0.15, 0.2) is 122 Å². The van der Waals surface area contributed by atoms with Crippen LogP contribution in [0, 0.1) is 0 Å². The van der Waals surface area contributed by atoms with E-state index in [-0.39, 0.29) is 5.57 Å². The van der Waals surface area contributed by atoms with Crippen molar-refractivity contribution in [3.05, 3.63) is 143 Å². The van der Waals surface area contributed by atoms with Crippen molar-refractivity contribution in [2.24, 2.45) is 0 Å². The van der Waals surface area contributed by atoms with Crippen LogP contribution in [-0.4, -0.2) is 23.2 Å². The van der Waals surface area contributed by atoms with E-state index < -0.39 is 5.97 Å². The first-order valence-electron chi connectivity index (χ1n) is 14.3. The molecule has 2 aromatic heterocycles. The summed E-state index contributed by atoms with van der Waals surface area (Å²) in [5.41, 5.74) is 4.36. The molecule has 0 saturated heterocycles. The summed E-state index contributed by atoms with van der Waals surface area (Å²) in [7, 11) is 1.62. The number of aromatic nitrogens is 1. The summed E-state index contributed by atoms with van der Waals surface area (Å²) in [4.78, 5) is 17.2. The molecule has 0 aliphatic heterocycles. The number of carbonyl (C=O) groups is 1. The number of pyridine rings is 1. The molecule has 0 saturated carbocycles. The summed E-state index contributed by atoms with van der Waals surface area (Å²) in [6.07, 6.45) is 4.86. The van der Waals surface area contributed by atoms with Crippen molar-refractivity contribution >= 4 is 50.4 Å². The smallest absolute Gasteiger partial charge is 0.336 e. The molecule has 0 spiro atoms. The van der Waals surface area contributed by atoms with Crippen molar-refractivity contribution in [2.45, 2.75) is 13.2 Å². The first-order chi connectivity index (χ1) is 22.1. The van der Waals surface area contributed by atoms with Crippen LogP contribution >= 0.6 is 11.3 Å². The monoisotopic (exact) mass is 614 g/mol. The van der Waals surface area contributed by atoms with Crippen LogP contribution in [-0.2, 0) is 18.0 Å². The zero-order chi connectivity index (χ0) is 31.0. The molecule has 0 aliphatic rings. The molecule has 6 aromatic rings. The standard InChI is InChI=1S/C37H30N2O5S/c1-42-29-14-12-28(13-15-29)39-36-31-20-32(43-23-25-8-4-2-5-9-25)33(44-24-26-10-6-3-7-11-26)22-34(31)45-35(36)21-30(37(40)41)27-16-18-38-19-17-27/h2-22,39H,23-24H2,1H3,(H,40,41). The van der Waals surface area contributed by atoms with Gasteiger partial charge in [-0.15, -0.1) is 11.3 Å². The molecule has 2 heterocycles. The molecule has 0 fully saturated rings. The van der Waals surface area contributed by atoms with Gasteiger partial charge in [-0.1, -0.05) is 60.7 Å². The van der Waals surface area contributed by atoms with Crippen molar-refractivity contribution in [3.8, 4) is 17.2 Å². The largest absolute Gasteiger partial charge is 0.497 e. The van der Waals surface area contributed by atoms with Crippen molar-refractivity contribution in [2.75, 3.05) is 12.4 Å². The maximum Gasteiger partial charge on any atom is 0.336 e. The van der Waals surface area contributed by atoms with Gasteiger partial charge in [0, 0.05) is 34.2 Å². The van der Waals surface area contributed by atoms with Gasteiger partial charge in [-0.25, -0.2) is 4.79 Å². The fourth-order valence-electron chi connectivity index (χ4n) is 4.80. The van der Waals surface area contributed by atoms with E-state index in [2.05, 4.69) is 10.3 Å². The highest BCUT2D eigenvalue weighted by Gasteiger charge is 2.19. The Labute approximate surface area is 265 Å². The van der Waals surface area contributed by atoms with E-state index in [1.807, 2.05) is 97.1 Å². The molecule has 8 heteroatoms. The molecule has 0 atom stereocenters. The minimum absolute atomic E-state index is 0.155. The van der Waals surface area contributed by atoms with E-state index in [4.69, 9.17) is 14.2 Å². The minimum Gasteiger partial charge on any atom is -0.497 e. The van der Waals surface area contributed by atoms with E-state index in [1.165, 1.54) is 11.3 Å². The lowest BCUT2D eigenvalue weighted by Crippen LogP contribution is -2.01. The SMILES string of the molecule is COc1ccc(Nc2c(C=C(C(=O)O)c3ccncc3)sc3cc(OCc4ccccc4)c(OCc4ccccc4)cc23)cc1. The molecule has 0 unspecified atom stereocenters. The minimum atomic E-state index is -1.03. The van der Waals surface area contributed by atoms with Crippen LogP contribution in [0.2, 0.25) is 0 Å². The third-order valence-corrected chi connectivity index (χ3v) is 8.21. The number of benzene rings is 4. The maximum atomic E-state index is 12.4. The number of anilines is 2. The normalized spacial score (nSPS) is 11.3. The molecule has 4 aromatic carbocycles. The number of nitrogens with zero attached hydrogens (tertiary/aromatic N) is 1. The predicted molar refractivity (Wildman–Crippen MR) is 179 cm³/mol. The Morgan fingerprint density at radius 2 is 1.42 bits per heavy atom. The third-order valence-electron chi connectivity index (χ3n) is 7.11. The Morgan fingerprint density at radius 1 is 0.822 bits per heavy atom. The van der Waals surface area contributed by atoms with E-state index in [1.54, 1.807) is 37.7 Å². The number of carboxylic acids is 1. The average Bonchev–Trinajstić information content (AvgIpc) is 3.41. The molecule has 45 heavy (non-hydrogen) atoms. The van der Waals surface area contributed by atoms with Crippen LogP contribution < -0.4 is 19.5 Å². The van der Waals surface area contributed by atoms with Gasteiger partial charge >= 0.3 is 5.97 Å². The number of carboxylic acid groups (broad SMARTS) is 1. The summed E-state index contributed by atoms with van der Waals surface area (Å²) >= 11 is 1.47. The Kier molecular flexibility index (Phi) is 9.03. The van der Waals surface area contributed by atoms with E-state index in [0.29, 0.717) is 30.3 Å². The highest BCUT2D eigenvalue weighted by molar-refractivity contribution is 7.20. The van der Waals surface area contributed by atoms with Crippen molar-refractivity contribution in [1.82, 2.24) is 4.98 Å². The predicted octanol–water partition coefficient (Wildman–Crippen LogP) is 8.83.